The van der Waals surface area contributed by atoms with Gasteiger partial charge in [0.15, 0.2) is 0 Å². The normalized spacial score (nSPS) is 7.25. The van der Waals surface area contributed by atoms with Crippen LogP contribution in [0.15, 0.2) is 30.3 Å². The first-order valence-corrected chi connectivity index (χ1v) is 2.97. The Bertz CT molecular complexity index is 188. The maximum atomic E-state index is 7.17. The van der Waals surface area contributed by atoms with Crippen molar-refractivity contribution in [3.8, 4) is 0 Å². The van der Waals surface area contributed by atoms with Crippen LogP contribution in [0, 0.1) is 0 Å². The van der Waals surface area contributed by atoms with Gasteiger partial charge in [0.2, 0.25) is 0 Å². The minimum atomic E-state index is -2.17. The number of anilines is 1. The van der Waals surface area contributed by atoms with Gasteiger partial charge in [-0.2, -0.15) is 0 Å². The van der Waals surface area contributed by atoms with E-state index in [0.29, 0.717) is 0 Å². The third-order valence-corrected chi connectivity index (χ3v) is 0.800. The summed E-state index contributed by atoms with van der Waals surface area (Å²) in [5.41, 5.74) is 6.18. The molecule has 0 amide bonds. The number of hydrogen-bond donors (Lipinski definition) is 4. The second-order valence-corrected chi connectivity index (χ2v) is 1.76. The monoisotopic (exact) mass is 163 g/mol. The fraction of sp³-hybridized carbons (Fsp3) is 0. The van der Waals surface area contributed by atoms with E-state index in [2.05, 4.69) is 0 Å². The van der Waals surface area contributed by atoms with Gasteiger partial charge in [-0.1, -0.05) is 18.2 Å². The van der Waals surface area contributed by atoms with E-state index in [1.54, 1.807) is 0 Å². The predicted octanol–water partition coefficient (Wildman–Crippen LogP) is -3.67. The van der Waals surface area contributed by atoms with Crippen LogP contribution in [0.1, 0.15) is 1.43 Å². The van der Waals surface area contributed by atoms with Gasteiger partial charge in [-0.3, -0.25) is 0 Å². The molecule has 62 valence electrons. The van der Waals surface area contributed by atoms with Gasteiger partial charge in [-0.05, 0) is 12.1 Å². The molecular formula is C6H11BLiNO3. The molecule has 0 heterocycles. The van der Waals surface area contributed by atoms with Crippen molar-refractivity contribution in [3.05, 3.63) is 30.3 Å². The first kappa shape index (κ1) is 14.1. The van der Waals surface area contributed by atoms with Gasteiger partial charge in [0, 0.05) is 5.69 Å². The summed E-state index contributed by atoms with van der Waals surface area (Å²) in [5.74, 6) is 0. The van der Waals surface area contributed by atoms with E-state index in [-0.39, 0.29) is 20.3 Å². The van der Waals surface area contributed by atoms with Crippen LogP contribution >= 0.6 is 0 Å². The standard InChI is InChI=1S/C6H7N.BH3O3.Li.H/c7-6-4-2-1-3-5-6;2-1(3)4;;/h1-5H,7H2;2-4H;;/q;;+1;-1. The van der Waals surface area contributed by atoms with Crippen molar-refractivity contribution in [2.24, 2.45) is 0 Å². The molecule has 0 aliphatic carbocycles. The van der Waals surface area contributed by atoms with Gasteiger partial charge < -0.3 is 22.2 Å². The molecule has 1 aromatic rings. The van der Waals surface area contributed by atoms with Crippen LogP contribution in [-0.2, 0) is 0 Å². The molecule has 0 aromatic heterocycles. The van der Waals surface area contributed by atoms with Crippen molar-refractivity contribution < 1.29 is 35.4 Å². The Morgan fingerprint density at radius 1 is 1.08 bits per heavy atom. The van der Waals surface area contributed by atoms with E-state index < -0.39 is 7.32 Å². The summed E-state index contributed by atoms with van der Waals surface area (Å²) in [5, 5.41) is 21.5. The molecule has 12 heavy (non-hydrogen) atoms. The summed E-state index contributed by atoms with van der Waals surface area (Å²) in [7, 11) is -2.17. The summed E-state index contributed by atoms with van der Waals surface area (Å²) in [6, 6.07) is 9.49. The second kappa shape index (κ2) is 8.66. The molecule has 5 N–H and O–H groups in total. The number of nitrogen functional groups attached to an aromatic ring is 1. The Balaban J connectivity index is -0.000000150. The Kier molecular flexibility index (Phi) is 10.2. The molecule has 0 spiro atoms. The smallest absolute Gasteiger partial charge is 1.00 e. The maximum Gasteiger partial charge on any atom is 1.00 e. The van der Waals surface area contributed by atoms with Gasteiger partial charge in [0.1, 0.15) is 0 Å². The Hall–Kier alpha value is -0.438. The van der Waals surface area contributed by atoms with Crippen LogP contribution in [0.25, 0.3) is 0 Å². The molecule has 0 saturated carbocycles. The summed E-state index contributed by atoms with van der Waals surface area (Å²) in [6.45, 7) is 0. The average molecular weight is 163 g/mol. The van der Waals surface area contributed by atoms with Crippen molar-refractivity contribution in [2.75, 3.05) is 5.73 Å². The molecule has 0 atom stereocenters. The molecule has 0 aliphatic rings. The Labute approximate surface area is 84.9 Å². The van der Waals surface area contributed by atoms with Crippen molar-refractivity contribution in [1.82, 2.24) is 0 Å². The number of hydrogen-bond acceptors (Lipinski definition) is 4. The molecule has 1 rings (SSSR count). The summed E-state index contributed by atoms with van der Waals surface area (Å²) in [4.78, 5) is 0. The van der Waals surface area contributed by atoms with Crippen molar-refractivity contribution in [3.63, 3.8) is 0 Å². The minimum Gasteiger partial charge on any atom is -1.00 e. The van der Waals surface area contributed by atoms with Crippen LogP contribution < -0.4 is 24.6 Å². The number of nitrogens with two attached hydrogens (primary N) is 1. The third kappa shape index (κ3) is 12.3. The third-order valence-electron chi connectivity index (χ3n) is 0.800. The van der Waals surface area contributed by atoms with Gasteiger partial charge in [-0.25, -0.2) is 0 Å². The van der Waals surface area contributed by atoms with Gasteiger partial charge in [0.25, 0.3) is 0 Å². The minimum absolute atomic E-state index is 0. The van der Waals surface area contributed by atoms with E-state index >= 15 is 0 Å². The van der Waals surface area contributed by atoms with Crippen LogP contribution in [0.2, 0.25) is 0 Å². The zero-order valence-corrected chi connectivity index (χ0v) is 6.88. The summed E-state index contributed by atoms with van der Waals surface area (Å²) < 4.78 is 0. The molecule has 0 unspecified atom stereocenters. The topological polar surface area (TPSA) is 86.7 Å². The zero-order valence-electron chi connectivity index (χ0n) is 7.88. The Morgan fingerprint density at radius 2 is 1.42 bits per heavy atom. The van der Waals surface area contributed by atoms with Crippen molar-refractivity contribution in [2.45, 2.75) is 0 Å². The van der Waals surface area contributed by atoms with Gasteiger partial charge >= 0.3 is 26.2 Å². The van der Waals surface area contributed by atoms with Crippen LogP contribution in [0.3, 0.4) is 0 Å². The fourth-order valence-corrected chi connectivity index (χ4v) is 0.453. The van der Waals surface area contributed by atoms with Crippen LogP contribution in [-0.4, -0.2) is 22.4 Å². The second-order valence-electron chi connectivity index (χ2n) is 1.76. The first-order chi connectivity index (χ1) is 5.13. The predicted molar refractivity (Wildman–Crippen MR) is 44.4 cm³/mol. The van der Waals surface area contributed by atoms with E-state index in [0.717, 1.165) is 5.69 Å². The molecular weight excluding hydrogens is 152 g/mol. The molecule has 0 aliphatic heterocycles. The quantitative estimate of drug-likeness (QED) is 0.234. The van der Waals surface area contributed by atoms with Crippen LogP contribution in [0.5, 0.6) is 0 Å². The average Bonchev–Trinajstić information content (AvgIpc) is 1.87. The molecule has 0 saturated heterocycles. The first-order valence-electron chi connectivity index (χ1n) is 2.97. The molecule has 4 nitrogen and oxygen atoms in total. The molecule has 1 aromatic carbocycles. The SMILES string of the molecule is Nc1ccccc1.OB(O)O.[H-].[Li+]. The number of rotatable bonds is 0. The van der Waals surface area contributed by atoms with Gasteiger partial charge in [0.05, 0.1) is 0 Å². The van der Waals surface area contributed by atoms with Crippen molar-refractivity contribution in [1.29, 1.82) is 0 Å². The molecule has 0 bridgehead atoms. The zero-order chi connectivity index (χ0) is 8.69. The van der Waals surface area contributed by atoms with E-state index in [9.17, 15) is 0 Å². The Morgan fingerprint density at radius 3 is 1.58 bits per heavy atom. The van der Waals surface area contributed by atoms with E-state index in [1.807, 2.05) is 30.3 Å². The maximum absolute atomic E-state index is 7.17. The summed E-state index contributed by atoms with van der Waals surface area (Å²) in [6.07, 6.45) is 0. The molecule has 0 radical (unpaired) electrons. The molecule has 0 fully saturated rings. The van der Waals surface area contributed by atoms with E-state index in [1.165, 1.54) is 0 Å². The number of para-hydroxylation sites is 1. The van der Waals surface area contributed by atoms with Crippen LogP contribution in [0.4, 0.5) is 5.69 Å². The summed E-state index contributed by atoms with van der Waals surface area (Å²) >= 11 is 0. The fourth-order valence-electron chi connectivity index (χ4n) is 0.453. The van der Waals surface area contributed by atoms with Crippen molar-refractivity contribution >= 4 is 13.0 Å². The van der Waals surface area contributed by atoms with E-state index in [4.69, 9.17) is 20.8 Å². The largest absolute Gasteiger partial charge is 1.00 e. The molecule has 6 heteroatoms. The number of benzene rings is 1. The van der Waals surface area contributed by atoms with Gasteiger partial charge in [-0.15, -0.1) is 0 Å².